The monoisotopic (exact) mass is 242 g/mol. The van der Waals surface area contributed by atoms with Crippen LogP contribution in [0.3, 0.4) is 0 Å². The molecule has 4 N–H and O–H groups in total. The van der Waals surface area contributed by atoms with Crippen molar-refractivity contribution in [3.63, 3.8) is 0 Å². The van der Waals surface area contributed by atoms with Gasteiger partial charge in [0.25, 0.3) is 0 Å². The number of nitrogens with two attached hydrogens (primary N) is 2. The van der Waals surface area contributed by atoms with Gasteiger partial charge in [0.15, 0.2) is 0 Å². The van der Waals surface area contributed by atoms with E-state index >= 15 is 0 Å². The van der Waals surface area contributed by atoms with Gasteiger partial charge in [0.2, 0.25) is 0 Å². The molecule has 0 saturated heterocycles. The maximum absolute atomic E-state index is 11.0. The molecule has 0 aliphatic carbocycles. The molecule has 0 fully saturated rings. The molecule has 0 amide bonds. The lowest BCUT2D eigenvalue weighted by atomic mass is 10.4. The standard InChI is InChI=1S/C11H18N2O4/c1-8(12)6-10(14)16-4-3-5-17-11(15)7-9(2)13/h6-7H,3-5,12-13H2,1-2H3. The third-order valence-electron chi connectivity index (χ3n) is 1.47. The molecule has 0 aromatic carbocycles. The summed E-state index contributed by atoms with van der Waals surface area (Å²) in [5.74, 6) is -1.01. The number of hydrogen-bond acceptors (Lipinski definition) is 6. The van der Waals surface area contributed by atoms with E-state index in [9.17, 15) is 9.59 Å². The molecule has 0 unspecified atom stereocenters. The van der Waals surface area contributed by atoms with Gasteiger partial charge in [-0.15, -0.1) is 0 Å². The molecule has 0 bridgehead atoms. The first-order chi connectivity index (χ1) is 7.91. The zero-order valence-corrected chi connectivity index (χ0v) is 10.1. The summed E-state index contributed by atoms with van der Waals surface area (Å²) in [4.78, 5) is 22.0. The Kier molecular flexibility index (Phi) is 7.25. The molecule has 0 aliphatic rings. The Balaban J connectivity index is 3.60. The van der Waals surface area contributed by atoms with Crippen LogP contribution in [0.5, 0.6) is 0 Å². The maximum Gasteiger partial charge on any atom is 0.332 e. The molecule has 0 heterocycles. The number of rotatable bonds is 6. The summed E-state index contributed by atoms with van der Waals surface area (Å²) in [6.45, 7) is 3.51. The molecule has 0 spiro atoms. The largest absolute Gasteiger partial charge is 0.462 e. The van der Waals surface area contributed by atoms with Crippen LogP contribution in [-0.2, 0) is 19.1 Å². The number of carbonyl (C=O) groups excluding carboxylic acids is 2. The van der Waals surface area contributed by atoms with E-state index < -0.39 is 11.9 Å². The van der Waals surface area contributed by atoms with Crippen LogP contribution in [0.25, 0.3) is 0 Å². The zero-order valence-electron chi connectivity index (χ0n) is 10.1. The van der Waals surface area contributed by atoms with Gasteiger partial charge in [-0.3, -0.25) is 0 Å². The highest BCUT2D eigenvalue weighted by atomic mass is 16.5. The number of carbonyl (C=O) groups is 2. The highest BCUT2D eigenvalue weighted by Crippen LogP contribution is 1.91. The van der Waals surface area contributed by atoms with Crippen LogP contribution in [-0.4, -0.2) is 25.2 Å². The summed E-state index contributed by atoms with van der Waals surface area (Å²) in [7, 11) is 0. The smallest absolute Gasteiger partial charge is 0.332 e. The quantitative estimate of drug-likeness (QED) is 0.391. The van der Waals surface area contributed by atoms with Gasteiger partial charge in [-0.25, -0.2) is 9.59 Å². The Morgan fingerprint density at radius 1 is 0.941 bits per heavy atom. The van der Waals surface area contributed by atoms with E-state index in [1.54, 1.807) is 13.8 Å². The molecular formula is C11H18N2O4. The van der Waals surface area contributed by atoms with E-state index in [0.717, 1.165) is 0 Å². The Bertz CT molecular complexity index is 294. The van der Waals surface area contributed by atoms with E-state index in [0.29, 0.717) is 17.8 Å². The van der Waals surface area contributed by atoms with Crippen molar-refractivity contribution < 1.29 is 19.1 Å². The second-order valence-corrected chi connectivity index (χ2v) is 3.47. The first-order valence-corrected chi connectivity index (χ1v) is 5.13. The highest BCUT2D eigenvalue weighted by Gasteiger charge is 2.00. The summed E-state index contributed by atoms with van der Waals surface area (Å²) in [5, 5.41) is 0. The molecule has 0 atom stereocenters. The fraction of sp³-hybridized carbons (Fsp3) is 0.455. The van der Waals surface area contributed by atoms with Gasteiger partial charge in [0, 0.05) is 30.0 Å². The van der Waals surface area contributed by atoms with Gasteiger partial charge in [-0.2, -0.15) is 0 Å². The Labute approximate surface area is 100 Å². The zero-order chi connectivity index (χ0) is 13.3. The van der Waals surface area contributed by atoms with Crippen molar-refractivity contribution in [2.45, 2.75) is 20.3 Å². The van der Waals surface area contributed by atoms with Gasteiger partial charge in [0.05, 0.1) is 13.2 Å². The third kappa shape index (κ3) is 10.3. The van der Waals surface area contributed by atoms with Crippen molar-refractivity contribution in [2.24, 2.45) is 11.5 Å². The SMILES string of the molecule is CC(N)=CC(=O)OCCCOC(=O)C=C(C)N. The molecular weight excluding hydrogens is 224 g/mol. The fourth-order valence-electron chi connectivity index (χ4n) is 0.860. The van der Waals surface area contributed by atoms with Crippen LogP contribution in [0.4, 0.5) is 0 Å². The molecule has 0 aliphatic heterocycles. The van der Waals surface area contributed by atoms with E-state index in [4.69, 9.17) is 20.9 Å². The first-order valence-electron chi connectivity index (χ1n) is 5.13. The first kappa shape index (κ1) is 15.0. The molecule has 17 heavy (non-hydrogen) atoms. The molecule has 6 heteroatoms. The molecule has 0 aromatic heterocycles. The number of esters is 2. The van der Waals surface area contributed by atoms with Crippen LogP contribution < -0.4 is 11.5 Å². The molecule has 96 valence electrons. The average Bonchev–Trinajstić information content (AvgIpc) is 2.14. The van der Waals surface area contributed by atoms with Crippen molar-refractivity contribution in [2.75, 3.05) is 13.2 Å². The summed E-state index contributed by atoms with van der Waals surface area (Å²) >= 11 is 0. The van der Waals surface area contributed by atoms with Gasteiger partial charge in [-0.1, -0.05) is 0 Å². The summed E-state index contributed by atoms with van der Waals surface area (Å²) in [5.41, 5.74) is 11.3. The van der Waals surface area contributed by atoms with Crippen LogP contribution in [0.1, 0.15) is 20.3 Å². The number of ether oxygens (including phenoxy) is 2. The van der Waals surface area contributed by atoms with Crippen LogP contribution in [0.15, 0.2) is 23.5 Å². The van der Waals surface area contributed by atoms with Crippen molar-refractivity contribution >= 4 is 11.9 Å². The fourth-order valence-corrected chi connectivity index (χ4v) is 0.860. The average molecular weight is 242 g/mol. The highest BCUT2D eigenvalue weighted by molar-refractivity contribution is 5.82. The minimum absolute atomic E-state index is 0.168. The molecule has 0 rings (SSSR count). The Morgan fingerprint density at radius 2 is 1.29 bits per heavy atom. The lowest BCUT2D eigenvalue weighted by Gasteiger charge is -2.03. The van der Waals surface area contributed by atoms with Gasteiger partial charge in [-0.05, 0) is 13.8 Å². The Hall–Kier alpha value is -1.98. The van der Waals surface area contributed by atoms with Crippen molar-refractivity contribution in [1.82, 2.24) is 0 Å². The van der Waals surface area contributed by atoms with Crippen LogP contribution in [0, 0.1) is 0 Å². The van der Waals surface area contributed by atoms with Gasteiger partial charge >= 0.3 is 11.9 Å². The normalized spacial score (nSPS) is 12.1. The summed E-state index contributed by atoms with van der Waals surface area (Å²) in [6.07, 6.45) is 2.80. The minimum atomic E-state index is -0.506. The maximum atomic E-state index is 11.0. The van der Waals surface area contributed by atoms with Crippen molar-refractivity contribution in [3.05, 3.63) is 23.5 Å². The second kappa shape index (κ2) is 8.20. The molecule has 0 saturated carbocycles. The third-order valence-corrected chi connectivity index (χ3v) is 1.47. The van der Waals surface area contributed by atoms with Crippen LogP contribution >= 0.6 is 0 Å². The molecule has 0 radical (unpaired) electrons. The summed E-state index contributed by atoms with van der Waals surface area (Å²) < 4.78 is 9.58. The lowest BCUT2D eigenvalue weighted by Crippen LogP contribution is -2.10. The molecule has 0 aromatic rings. The number of hydrogen-bond donors (Lipinski definition) is 2. The molecule has 6 nitrogen and oxygen atoms in total. The van der Waals surface area contributed by atoms with E-state index in [1.165, 1.54) is 12.2 Å². The van der Waals surface area contributed by atoms with E-state index in [1.807, 2.05) is 0 Å². The minimum Gasteiger partial charge on any atom is -0.462 e. The van der Waals surface area contributed by atoms with Crippen molar-refractivity contribution in [1.29, 1.82) is 0 Å². The second-order valence-electron chi connectivity index (χ2n) is 3.47. The Morgan fingerprint density at radius 3 is 1.59 bits per heavy atom. The van der Waals surface area contributed by atoms with Crippen molar-refractivity contribution in [3.8, 4) is 0 Å². The van der Waals surface area contributed by atoms with E-state index in [2.05, 4.69) is 0 Å². The predicted octanol–water partition coefficient (Wildman–Crippen LogP) is 0.188. The van der Waals surface area contributed by atoms with Gasteiger partial charge in [0.1, 0.15) is 0 Å². The van der Waals surface area contributed by atoms with Crippen LogP contribution in [0.2, 0.25) is 0 Å². The van der Waals surface area contributed by atoms with Gasteiger partial charge < -0.3 is 20.9 Å². The topological polar surface area (TPSA) is 105 Å². The lowest BCUT2D eigenvalue weighted by molar-refractivity contribution is -0.140. The number of allylic oxidation sites excluding steroid dienone is 2. The predicted molar refractivity (Wildman–Crippen MR) is 62.4 cm³/mol. The van der Waals surface area contributed by atoms with E-state index in [-0.39, 0.29) is 13.2 Å². The summed E-state index contributed by atoms with van der Waals surface area (Å²) in [6, 6.07) is 0.